The van der Waals surface area contributed by atoms with Gasteiger partial charge in [-0.1, -0.05) is 144 Å². The van der Waals surface area contributed by atoms with E-state index in [0.29, 0.717) is 5.41 Å². The second-order valence-electron chi connectivity index (χ2n) is 12.3. The van der Waals surface area contributed by atoms with Gasteiger partial charge in [-0.3, -0.25) is 4.79 Å². The Morgan fingerprint density at radius 2 is 1.00 bits per heavy atom. The van der Waals surface area contributed by atoms with Crippen LogP contribution in [0.15, 0.2) is 0 Å². The minimum atomic E-state index is -0.520. The summed E-state index contributed by atoms with van der Waals surface area (Å²) in [5.74, 6) is 0.233. The molecule has 0 aliphatic heterocycles. The van der Waals surface area contributed by atoms with E-state index in [4.69, 9.17) is 0 Å². The average Bonchev–Trinajstić information content (AvgIpc) is 2.70. The minimum Gasteiger partial charge on any atom is -0.481 e. The Hall–Kier alpha value is -0.530. The molecule has 0 saturated heterocycles. The molecule has 1 unspecified atom stereocenters. The normalized spacial score (nSPS) is 14.1. The molecule has 0 fully saturated rings. The van der Waals surface area contributed by atoms with E-state index in [-0.39, 0.29) is 0 Å². The molecular weight excluding hydrogens is 392 g/mol. The molecule has 0 aliphatic rings. The molecule has 2 heteroatoms. The molecule has 2 nitrogen and oxygen atoms in total. The van der Waals surface area contributed by atoms with Crippen LogP contribution in [-0.4, -0.2) is 11.1 Å². The molecule has 0 spiro atoms. The molecule has 0 saturated carbocycles. The fourth-order valence-electron chi connectivity index (χ4n) is 4.96. The highest BCUT2D eigenvalue weighted by Gasteiger charge is 2.36. The first-order chi connectivity index (χ1) is 15.1. The zero-order chi connectivity index (χ0) is 24.3. The molecule has 0 aromatic heterocycles. The maximum atomic E-state index is 12.5. The molecular formula is C30H60O2. The molecule has 0 rings (SSSR count). The highest BCUT2D eigenvalue weighted by Crippen LogP contribution is 2.38. The Bertz CT molecular complexity index is 435. The SMILES string of the molecule is CCCCCCCCCCCCC(CCCCCC(C)C)(CCCCC(C)(C)C)C(=O)O. The summed E-state index contributed by atoms with van der Waals surface area (Å²) in [4.78, 5) is 12.5. The second kappa shape index (κ2) is 18.8. The topological polar surface area (TPSA) is 37.3 Å². The van der Waals surface area contributed by atoms with E-state index in [2.05, 4.69) is 41.5 Å². The van der Waals surface area contributed by atoms with Crippen LogP contribution in [0.4, 0.5) is 0 Å². The molecule has 1 atom stereocenters. The largest absolute Gasteiger partial charge is 0.481 e. The Kier molecular flexibility index (Phi) is 18.5. The van der Waals surface area contributed by atoms with Crippen molar-refractivity contribution in [2.24, 2.45) is 16.7 Å². The van der Waals surface area contributed by atoms with Gasteiger partial charge in [-0.2, -0.15) is 0 Å². The van der Waals surface area contributed by atoms with Crippen LogP contribution in [0.2, 0.25) is 0 Å². The van der Waals surface area contributed by atoms with Gasteiger partial charge in [0.2, 0.25) is 0 Å². The Morgan fingerprint density at radius 3 is 1.41 bits per heavy atom. The number of unbranched alkanes of at least 4 members (excludes halogenated alkanes) is 12. The number of hydrogen-bond donors (Lipinski definition) is 1. The lowest BCUT2D eigenvalue weighted by atomic mass is 9.73. The van der Waals surface area contributed by atoms with Crippen LogP contribution in [0.25, 0.3) is 0 Å². The van der Waals surface area contributed by atoms with Crippen molar-refractivity contribution < 1.29 is 9.90 Å². The summed E-state index contributed by atoms with van der Waals surface area (Å²) >= 11 is 0. The first-order valence-corrected chi connectivity index (χ1v) is 14.4. The fraction of sp³-hybridized carbons (Fsp3) is 0.967. The summed E-state index contributed by atoms with van der Waals surface area (Å²) in [7, 11) is 0. The van der Waals surface area contributed by atoms with Crippen molar-refractivity contribution >= 4 is 5.97 Å². The van der Waals surface area contributed by atoms with Crippen LogP contribution in [0.1, 0.15) is 170 Å². The maximum absolute atomic E-state index is 12.5. The fourth-order valence-corrected chi connectivity index (χ4v) is 4.96. The van der Waals surface area contributed by atoms with E-state index in [1.54, 1.807) is 0 Å². The summed E-state index contributed by atoms with van der Waals surface area (Å²) in [5, 5.41) is 10.3. The molecule has 0 radical (unpaired) electrons. The van der Waals surface area contributed by atoms with E-state index in [9.17, 15) is 9.90 Å². The van der Waals surface area contributed by atoms with Gasteiger partial charge in [0, 0.05) is 0 Å². The van der Waals surface area contributed by atoms with Crippen molar-refractivity contribution in [3.63, 3.8) is 0 Å². The highest BCUT2D eigenvalue weighted by atomic mass is 16.4. The second-order valence-corrected chi connectivity index (χ2v) is 12.3. The molecule has 0 amide bonds. The zero-order valence-electron chi connectivity index (χ0n) is 23.1. The zero-order valence-corrected chi connectivity index (χ0v) is 23.1. The van der Waals surface area contributed by atoms with Gasteiger partial charge in [0.05, 0.1) is 5.41 Å². The van der Waals surface area contributed by atoms with Crippen LogP contribution in [0.5, 0.6) is 0 Å². The van der Waals surface area contributed by atoms with Gasteiger partial charge < -0.3 is 5.11 Å². The molecule has 1 N–H and O–H groups in total. The van der Waals surface area contributed by atoms with Crippen molar-refractivity contribution in [2.45, 2.75) is 170 Å². The molecule has 0 bridgehead atoms. The van der Waals surface area contributed by atoms with Crippen molar-refractivity contribution in [3.8, 4) is 0 Å². The van der Waals surface area contributed by atoms with E-state index < -0.39 is 11.4 Å². The van der Waals surface area contributed by atoms with Gasteiger partial charge in [-0.05, 0) is 37.0 Å². The van der Waals surface area contributed by atoms with E-state index in [1.165, 1.54) is 83.5 Å². The Labute approximate surface area is 202 Å². The lowest BCUT2D eigenvalue weighted by Crippen LogP contribution is -2.31. The molecule has 0 aromatic rings. The first kappa shape index (κ1) is 31.5. The van der Waals surface area contributed by atoms with E-state index in [0.717, 1.165) is 50.9 Å². The van der Waals surface area contributed by atoms with E-state index in [1.807, 2.05) is 0 Å². The van der Waals surface area contributed by atoms with Crippen LogP contribution >= 0.6 is 0 Å². The number of carboxylic acids is 1. The predicted molar refractivity (Wildman–Crippen MR) is 142 cm³/mol. The number of carbonyl (C=O) groups is 1. The lowest BCUT2D eigenvalue weighted by molar-refractivity contribution is -0.150. The summed E-state index contributed by atoms with van der Waals surface area (Å²) in [6.07, 6.45) is 24.0. The average molecular weight is 453 g/mol. The van der Waals surface area contributed by atoms with Crippen molar-refractivity contribution in [1.29, 1.82) is 0 Å². The quantitative estimate of drug-likeness (QED) is 0.166. The van der Waals surface area contributed by atoms with Crippen molar-refractivity contribution in [2.75, 3.05) is 0 Å². The molecule has 192 valence electrons. The Morgan fingerprint density at radius 1 is 0.625 bits per heavy atom. The van der Waals surface area contributed by atoms with E-state index >= 15 is 0 Å². The van der Waals surface area contributed by atoms with Crippen LogP contribution in [-0.2, 0) is 4.79 Å². The smallest absolute Gasteiger partial charge is 0.309 e. The third kappa shape index (κ3) is 18.0. The summed E-state index contributed by atoms with van der Waals surface area (Å²) in [5.41, 5.74) is -0.130. The summed E-state index contributed by atoms with van der Waals surface area (Å²) in [6, 6.07) is 0. The predicted octanol–water partition coefficient (Wildman–Crippen LogP) is 10.6. The maximum Gasteiger partial charge on any atom is 0.309 e. The number of hydrogen-bond acceptors (Lipinski definition) is 1. The molecule has 32 heavy (non-hydrogen) atoms. The van der Waals surface area contributed by atoms with Gasteiger partial charge in [-0.15, -0.1) is 0 Å². The lowest BCUT2D eigenvalue weighted by Gasteiger charge is -2.30. The van der Waals surface area contributed by atoms with Gasteiger partial charge in [-0.25, -0.2) is 0 Å². The van der Waals surface area contributed by atoms with Crippen LogP contribution < -0.4 is 0 Å². The van der Waals surface area contributed by atoms with Gasteiger partial charge in [0.25, 0.3) is 0 Å². The van der Waals surface area contributed by atoms with Crippen molar-refractivity contribution in [3.05, 3.63) is 0 Å². The van der Waals surface area contributed by atoms with Crippen LogP contribution in [0.3, 0.4) is 0 Å². The van der Waals surface area contributed by atoms with Crippen molar-refractivity contribution in [1.82, 2.24) is 0 Å². The number of carboxylic acid groups (broad SMARTS) is 1. The van der Waals surface area contributed by atoms with Gasteiger partial charge in [0.1, 0.15) is 0 Å². The molecule has 0 heterocycles. The standard InChI is InChI=1S/C30H60O2/c1-7-8-9-10-11-12-13-14-15-18-24-30(28(31)32,25-19-16-17-22-27(2)3)26-21-20-23-29(4,5)6/h27H,7-26H2,1-6H3,(H,31,32). The van der Waals surface area contributed by atoms with Crippen LogP contribution in [0, 0.1) is 16.7 Å². The molecule has 0 aliphatic carbocycles. The number of rotatable bonds is 22. The highest BCUT2D eigenvalue weighted by molar-refractivity contribution is 5.74. The van der Waals surface area contributed by atoms with Gasteiger partial charge >= 0.3 is 5.97 Å². The third-order valence-electron chi connectivity index (χ3n) is 7.23. The monoisotopic (exact) mass is 452 g/mol. The molecule has 0 aromatic carbocycles. The summed E-state index contributed by atoms with van der Waals surface area (Å²) in [6.45, 7) is 13.7. The Balaban J connectivity index is 4.48. The summed E-state index contributed by atoms with van der Waals surface area (Å²) < 4.78 is 0. The van der Waals surface area contributed by atoms with Gasteiger partial charge in [0.15, 0.2) is 0 Å². The minimum absolute atomic E-state index is 0.346. The number of aliphatic carboxylic acids is 1. The first-order valence-electron chi connectivity index (χ1n) is 14.4. The third-order valence-corrected chi connectivity index (χ3v) is 7.23.